The highest BCUT2D eigenvalue weighted by molar-refractivity contribution is 6.34. The lowest BCUT2D eigenvalue weighted by Gasteiger charge is -1.93. The van der Waals surface area contributed by atoms with Crippen LogP contribution in [0.4, 0.5) is 0 Å². The van der Waals surface area contributed by atoms with Crippen LogP contribution in [-0.4, -0.2) is 5.78 Å². The topological polar surface area (TPSA) is 40.9 Å². The van der Waals surface area contributed by atoms with Crippen molar-refractivity contribution in [3.8, 4) is 6.07 Å². The number of carbonyl (C=O) groups is 1. The van der Waals surface area contributed by atoms with Crippen LogP contribution in [-0.2, 0) is 0 Å². The average molecular weight is 166 g/mol. The third kappa shape index (κ3) is 1.57. The molecule has 0 saturated carbocycles. The van der Waals surface area contributed by atoms with Gasteiger partial charge in [0.15, 0.2) is 0 Å². The molecule has 1 aromatic carbocycles. The van der Waals surface area contributed by atoms with Crippen molar-refractivity contribution in [1.29, 1.82) is 5.26 Å². The lowest BCUT2D eigenvalue weighted by atomic mass is 10.1. The van der Waals surface area contributed by atoms with E-state index in [0.29, 0.717) is 5.02 Å². The van der Waals surface area contributed by atoms with E-state index in [1.165, 1.54) is 12.1 Å². The van der Waals surface area contributed by atoms with E-state index < -0.39 is 5.78 Å². The predicted molar refractivity (Wildman–Crippen MR) is 41.4 cm³/mol. The molecule has 1 aromatic rings. The van der Waals surface area contributed by atoms with Crippen LogP contribution >= 0.6 is 11.6 Å². The Labute approximate surface area is 69.0 Å². The van der Waals surface area contributed by atoms with Crippen molar-refractivity contribution >= 4 is 17.4 Å². The number of Topliss-reactive ketones (excluding diaryl/α,β-unsaturated/α-hetero) is 1. The van der Waals surface area contributed by atoms with Crippen molar-refractivity contribution in [1.82, 2.24) is 0 Å². The Morgan fingerprint density at radius 3 is 2.64 bits per heavy atom. The van der Waals surface area contributed by atoms with Gasteiger partial charge in [-0.3, -0.25) is 4.79 Å². The summed E-state index contributed by atoms with van der Waals surface area (Å²) in [5.41, 5.74) is 0.261. The minimum atomic E-state index is -0.601. The summed E-state index contributed by atoms with van der Waals surface area (Å²) in [6, 6.07) is 7.96. The van der Waals surface area contributed by atoms with Gasteiger partial charge in [0.05, 0.1) is 10.6 Å². The first-order chi connectivity index (χ1) is 5.25. The molecule has 0 aromatic heterocycles. The first-order valence-corrected chi connectivity index (χ1v) is 3.32. The Bertz CT molecular complexity index is 327. The molecule has 0 aliphatic carbocycles. The highest BCUT2D eigenvalue weighted by Crippen LogP contribution is 2.14. The highest BCUT2D eigenvalue weighted by atomic mass is 35.5. The van der Waals surface area contributed by atoms with Crippen LogP contribution in [0.1, 0.15) is 10.4 Å². The molecule has 1 rings (SSSR count). The Kier molecular flexibility index (Phi) is 2.25. The Morgan fingerprint density at radius 1 is 1.45 bits per heavy atom. The highest BCUT2D eigenvalue weighted by Gasteiger charge is 2.06. The number of benzene rings is 1. The van der Waals surface area contributed by atoms with E-state index in [0.717, 1.165) is 0 Å². The van der Waals surface area contributed by atoms with E-state index in [4.69, 9.17) is 16.9 Å². The second kappa shape index (κ2) is 3.18. The minimum Gasteiger partial charge on any atom is -0.277 e. The maximum absolute atomic E-state index is 10.8. The van der Waals surface area contributed by atoms with Crippen LogP contribution in [0.25, 0.3) is 0 Å². The molecule has 0 amide bonds. The van der Waals surface area contributed by atoms with Crippen molar-refractivity contribution in [3.05, 3.63) is 34.9 Å². The number of ketones is 1. The summed E-state index contributed by atoms with van der Waals surface area (Å²) in [5.74, 6) is -0.601. The van der Waals surface area contributed by atoms with Gasteiger partial charge in [-0.25, -0.2) is 0 Å². The molecule has 0 aliphatic heterocycles. The van der Waals surface area contributed by atoms with Crippen LogP contribution in [0.5, 0.6) is 0 Å². The van der Waals surface area contributed by atoms with Gasteiger partial charge in [0.1, 0.15) is 6.07 Å². The molecule has 0 fully saturated rings. The smallest absolute Gasteiger partial charge is 0.263 e. The number of rotatable bonds is 1. The van der Waals surface area contributed by atoms with Crippen LogP contribution in [0.2, 0.25) is 5.02 Å². The molecule has 54 valence electrons. The number of halogens is 1. The standard InChI is InChI=1S/C8H4ClNO/c9-7-4-2-1-3-6(7)8(11)5-10/h1-4H. The number of carbonyl (C=O) groups excluding carboxylic acids is 1. The number of nitrogens with zero attached hydrogens (tertiary/aromatic N) is 1. The van der Waals surface area contributed by atoms with Gasteiger partial charge in [-0.1, -0.05) is 23.7 Å². The van der Waals surface area contributed by atoms with Gasteiger partial charge >= 0.3 is 0 Å². The molecule has 0 saturated heterocycles. The summed E-state index contributed by atoms with van der Waals surface area (Å²) < 4.78 is 0. The predicted octanol–water partition coefficient (Wildman–Crippen LogP) is 2.05. The zero-order valence-electron chi connectivity index (χ0n) is 5.54. The van der Waals surface area contributed by atoms with E-state index in [1.807, 2.05) is 0 Å². The average Bonchev–Trinajstić information content (AvgIpc) is 2.04. The lowest BCUT2D eigenvalue weighted by Crippen LogP contribution is -1.94. The maximum atomic E-state index is 10.8. The van der Waals surface area contributed by atoms with Crippen molar-refractivity contribution in [2.75, 3.05) is 0 Å². The third-order valence-electron chi connectivity index (χ3n) is 1.22. The van der Waals surface area contributed by atoms with E-state index in [9.17, 15) is 4.79 Å². The second-order valence-corrected chi connectivity index (χ2v) is 2.33. The molecule has 0 atom stereocenters. The lowest BCUT2D eigenvalue weighted by molar-refractivity contribution is 0.105. The van der Waals surface area contributed by atoms with Gasteiger partial charge in [-0.2, -0.15) is 5.26 Å². The molecule has 0 spiro atoms. The van der Waals surface area contributed by atoms with Gasteiger partial charge in [-0.15, -0.1) is 0 Å². The largest absolute Gasteiger partial charge is 0.277 e. The zero-order chi connectivity index (χ0) is 8.27. The van der Waals surface area contributed by atoms with Crippen LogP contribution in [0.15, 0.2) is 24.3 Å². The van der Waals surface area contributed by atoms with Gasteiger partial charge in [0.25, 0.3) is 5.78 Å². The normalized spacial score (nSPS) is 8.73. The summed E-state index contributed by atoms with van der Waals surface area (Å²) >= 11 is 5.63. The van der Waals surface area contributed by atoms with Crippen molar-refractivity contribution in [2.45, 2.75) is 0 Å². The monoisotopic (exact) mass is 165 g/mol. The molecule has 0 unspecified atom stereocenters. The number of hydrogen-bond acceptors (Lipinski definition) is 2. The molecule has 0 bridgehead atoms. The number of nitriles is 1. The van der Waals surface area contributed by atoms with E-state index in [2.05, 4.69) is 0 Å². The van der Waals surface area contributed by atoms with Gasteiger partial charge in [-0.05, 0) is 12.1 Å². The van der Waals surface area contributed by atoms with Crippen LogP contribution in [0, 0.1) is 11.3 Å². The van der Waals surface area contributed by atoms with Crippen LogP contribution < -0.4 is 0 Å². The third-order valence-corrected chi connectivity index (χ3v) is 1.55. The Balaban J connectivity index is 3.16. The molecule has 0 radical (unpaired) electrons. The summed E-state index contributed by atoms with van der Waals surface area (Å²) in [5, 5.41) is 8.57. The Morgan fingerprint density at radius 2 is 2.09 bits per heavy atom. The first-order valence-electron chi connectivity index (χ1n) is 2.94. The fraction of sp³-hybridized carbons (Fsp3) is 0. The molecule has 0 heterocycles. The fourth-order valence-corrected chi connectivity index (χ4v) is 0.927. The van der Waals surface area contributed by atoms with E-state index in [-0.39, 0.29) is 5.56 Å². The van der Waals surface area contributed by atoms with Crippen molar-refractivity contribution in [3.63, 3.8) is 0 Å². The molecular weight excluding hydrogens is 162 g/mol. The molecule has 2 nitrogen and oxygen atoms in total. The minimum absolute atomic E-state index is 0.261. The van der Waals surface area contributed by atoms with E-state index >= 15 is 0 Å². The fourth-order valence-electron chi connectivity index (χ4n) is 0.706. The van der Waals surface area contributed by atoms with Gasteiger partial charge in [0.2, 0.25) is 0 Å². The Hall–Kier alpha value is -1.33. The first kappa shape index (κ1) is 7.77. The number of hydrogen-bond donors (Lipinski definition) is 0. The summed E-state index contributed by atoms with van der Waals surface area (Å²) in [4.78, 5) is 10.8. The maximum Gasteiger partial charge on any atom is 0.263 e. The van der Waals surface area contributed by atoms with Crippen LogP contribution in [0.3, 0.4) is 0 Å². The summed E-state index contributed by atoms with van der Waals surface area (Å²) in [7, 11) is 0. The molecule has 11 heavy (non-hydrogen) atoms. The summed E-state index contributed by atoms with van der Waals surface area (Å²) in [6.45, 7) is 0. The van der Waals surface area contributed by atoms with Crippen molar-refractivity contribution in [2.24, 2.45) is 0 Å². The zero-order valence-corrected chi connectivity index (χ0v) is 6.30. The van der Waals surface area contributed by atoms with E-state index in [1.54, 1.807) is 18.2 Å². The summed E-state index contributed by atoms with van der Waals surface area (Å²) in [6.07, 6.45) is 0. The SMILES string of the molecule is N#CC(=O)c1ccccc1Cl. The van der Waals surface area contributed by atoms with Crippen molar-refractivity contribution < 1.29 is 4.79 Å². The molecule has 0 aliphatic rings. The van der Waals surface area contributed by atoms with Gasteiger partial charge in [0, 0.05) is 0 Å². The molecule has 3 heteroatoms. The quantitative estimate of drug-likeness (QED) is 0.472. The molecular formula is C8H4ClNO. The van der Waals surface area contributed by atoms with Gasteiger partial charge < -0.3 is 0 Å². The molecule has 0 N–H and O–H groups in total. The second-order valence-electron chi connectivity index (χ2n) is 1.92.